The lowest BCUT2D eigenvalue weighted by Gasteiger charge is -2.25. The number of rotatable bonds is 7. The molecule has 2 saturated heterocycles. The van der Waals surface area contributed by atoms with Crippen molar-refractivity contribution < 1.29 is 29.1 Å². The number of carbonyl (C=O) groups excluding carboxylic acids is 4. The standard InChI is InChI=1S/C17H27N5O6/c1-10(20-16(26)11-4-2-6-21(11)13(23)8-18)15(25)19-9-14(24)22-7-3-5-12(22)17(27)28/h10-12H,2-9,18H2,1H3,(H,19,25)(H,20,26)(H,27,28)/t10-,11-,12-/m0/s1. The van der Waals surface area contributed by atoms with E-state index in [9.17, 15) is 24.0 Å². The Hall–Kier alpha value is -2.69. The quantitative estimate of drug-likeness (QED) is 0.373. The molecule has 0 radical (unpaired) electrons. The van der Waals surface area contributed by atoms with Gasteiger partial charge in [-0.05, 0) is 32.6 Å². The minimum Gasteiger partial charge on any atom is -0.480 e. The zero-order valence-corrected chi connectivity index (χ0v) is 15.8. The van der Waals surface area contributed by atoms with Gasteiger partial charge in [-0.3, -0.25) is 19.2 Å². The summed E-state index contributed by atoms with van der Waals surface area (Å²) in [6, 6.07) is -2.44. The number of nitrogens with two attached hydrogens (primary N) is 1. The van der Waals surface area contributed by atoms with Crippen molar-refractivity contribution in [1.29, 1.82) is 0 Å². The zero-order chi connectivity index (χ0) is 20.8. The van der Waals surface area contributed by atoms with Crippen molar-refractivity contribution >= 4 is 29.6 Å². The number of hydrogen-bond donors (Lipinski definition) is 4. The summed E-state index contributed by atoms with van der Waals surface area (Å²) < 4.78 is 0. The number of hydrogen-bond acceptors (Lipinski definition) is 6. The first-order valence-electron chi connectivity index (χ1n) is 9.36. The van der Waals surface area contributed by atoms with Gasteiger partial charge in [0.25, 0.3) is 0 Å². The summed E-state index contributed by atoms with van der Waals surface area (Å²) in [4.78, 5) is 62.3. The highest BCUT2D eigenvalue weighted by atomic mass is 16.4. The van der Waals surface area contributed by atoms with Gasteiger partial charge in [0.1, 0.15) is 18.1 Å². The summed E-state index contributed by atoms with van der Waals surface area (Å²) in [5.74, 6) is -2.88. The third-order valence-electron chi connectivity index (χ3n) is 5.07. The van der Waals surface area contributed by atoms with Crippen LogP contribution in [0.1, 0.15) is 32.6 Å². The van der Waals surface area contributed by atoms with Crippen molar-refractivity contribution in [2.75, 3.05) is 26.2 Å². The monoisotopic (exact) mass is 397 g/mol. The van der Waals surface area contributed by atoms with E-state index in [-0.39, 0.29) is 19.0 Å². The first kappa shape index (κ1) is 21.6. The molecule has 0 aromatic heterocycles. The van der Waals surface area contributed by atoms with Crippen molar-refractivity contribution in [3.05, 3.63) is 0 Å². The average Bonchev–Trinajstić information content (AvgIpc) is 3.34. The molecule has 0 spiro atoms. The van der Waals surface area contributed by atoms with Crippen molar-refractivity contribution in [3.63, 3.8) is 0 Å². The van der Waals surface area contributed by atoms with Crippen molar-refractivity contribution in [3.8, 4) is 0 Å². The van der Waals surface area contributed by atoms with Crippen LogP contribution >= 0.6 is 0 Å². The fourth-order valence-electron chi connectivity index (χ4n) is 3.57. The topological polar surface area (TPSA) is 162 Å². The fourth-order valence-corrected chi connectivity index (χ4v) is 3.57. The molecule has 2 aliphatic rings. The van der Waals surface area contributed by atoms with Crippen LogP contribution in [0, 0.1) is 0 Å². The number of carboxylic acid groups (broad SMARTS) is 1. The Labute approximate surface area is 162 Å². The highest BCUT2D eigenvalue weighted by Crippen LogP contribution is 2.18. The number of likely N-dealkylation sites (tertiary alicyclic amines) is 2. The third-order valence-corrected chi connectivity index (χ3v) is 5.07. The molecule has 4 amide bonds. The number of carbonyl (C=O) groups is 5. The number of carboxylic acids is 1. The minimum absolute atomic E-state index is 0.185. The molecule has 0 bridgehead atoms. The molecule has 0 unspecified atom stereocenters. The number of nitrogens with one attached hydrogen (secondary N) is 2. The van der Waals surface area contributed by atoms with Crippen LogP contribution in [0.3, 0.4) is 0 Å². The van der Waals surface area contributed by atoms with Gasteiger partial charge in [0, 0.05) is 13.1 Å². The summed E-state index contributed by atoms with van der Waals surface area (Å²) >= 11 is 0. The van der Waals surface area contributed by atoms with Gasteiger partial charge in [-0.2, -0.15) is 0 Å². The van der Waals surface area contributed by atoms with Crippen LogP contribution < -0.4 is 16.4 Å². The molecule has 2 heterocycles. The molecule has 11 heteroatoms. The molecular formula is C17H27N5O6. The maximum absolute atomic E-state index is 12.4. The lowest BCUT2D eigenvalue weighted by atomic mass is 10.2. The van der Waals surface area contributed by atoms with Gasteiger partial charge in [0.2, 0.25) is 23.6 Å². The Morgan fingerprint density at radius 2 is 1.61 bits per heavy atom. The first-order valence-corrected chi connectivity index (χ1v) is 9.36. The molecule has 2 rings (SSSR count). The molecule has 3 atom stereocenters. The Balaban J connectivity index is 1.82. The first-order chi connectivity index (χ1) is 13.3. The normalized spacial score (nSPS) is 22.6. The van der Waals surface area contributed by atoms with Gasteiger partial charge in [-0.25, -0.2) is 4.79 Å². The average molecular weight is 397 g/mol. The molecule has 2 aliphatic heterocycles. The molecule has 0 aromatic carbocycles. The second-order valence-corrected chi connectivity index (χ2v) is 6.98. The van der Waals surface area contributed by atoms with E-state index < -0.39 is 41.8 Å². The Bertz CT molecular complexity index is 654. The number of amides is 4. The summed E-state index contributed by atoms with van der Waals surface area (Å²) in [6.07, 6.45) is 2.17. The van der Waals surface area contributed by atoms with Crippen LogP contribution in [-0.4, -0.2) is 88.8 Å². The van der Waals surface area contributed by atoms with E-state index >= 15 is 0 Å². The van der Waals surface area contributed by atoms with Crippen molar-refractivity contribution in [2.24, 2.45) is 5.73 Å². The van der Waals surface area contributed by atoms with E-state index in [1.54, 1.807) is 0 Å². The van der Waals surface area contributed by atoms with E-state index in [1.165, 1.54) is 16.7 Å². The van der Waals surface area contributed by atoms with E-state index in [0.717, 1.165) is 0 Å². The summed E-state index contributed by atoms with van der Waals surface area (Å²) in [5, 5.41) is 14.1. The maximum atomic E-state index is 12.4. The van der Waals surface area contributed by atoms with Crippen LogP contribution in [0.5, 0.6) is 0 Å². The van der Waals surface area contributed by atoms with Crippen LogP contribution in [0.4, 0.5) is 0 Å². The second-order valence-electron chi connectivity index (χ2n) is 6.98. The van der Waals surface area contributed by atoms with E-state index in [0.29, 0.717) is 38.8 Å². The Kier molecular flexibility index (Phi) is 7.32. The molecule has 2 fully saturated rings. The van der Waals surface area contributed by atoms with E-state index in [1.807, 2.05) is 0 Å². The summed E-state index contributed by atoms with van der Waals surface area (Å²) in [6.45, 7) is 1.73. The lowest BCUT2D eigenvalue weighted by Crippen LogP contribution is -2.54. The molecule has 11 nitrogen and oxygen atoms in total. The van der Waals surface area contributed by atoms with E-state index in [2.05, 4.69) is 10.6 Å². The van der Waals surface area contributed by atoms with E-state index in [4.69, 9.17) is 10.8 Å². The van der Waals surface area contributed by atoms with Crippen LogP contribution in [-0.2, 0) is 24.0 Å². The maximum Gasteiger partial charge on any atom is 0.326 e. The molecule has 156 valence electrons. The van der Waals surface area contributed by atoms with Gasteiger partial charge in [0.15, 0.2) is 0 Å². The zero-order valence-electron chi connectivity index (χ0n) is 15.8. The molecule has 0 aliphatic carbocycles. The summed E-state index contributed by atoms with van der Waals surface area (Å²) in [7, 11) is 0. The number of nitrogens with zero attached hydrogens (tertiary/aromatic N) is 2. The van der Waals surface area contributed by atoms with Gasteiger partial charge >= 0.3 is 5.97 Å². The molecule has 0 aromatic rings. The van der Waals surface area contributed by atoms with Crippen LogP contribution in [0.2, 0.25) is 0 Å². The van der Waals surface area contributed by atoms with Gasteiger partial charge in [0.05, 0.1) is 13.1 Å². The molecule has 28 heavy (non-hydrogen) atoms. The molecule has 5 N–H and O–H groups in total. The smallest absolute Gasteiger partial charge is 0.326 e. The summed E-state index contributed by atoms with van der Waals surface area (Å²) in [5.41, 5.74) is 5.35. The predicted octanol–water partition coefficient (Wildman–Crippen LogP) is -2.37. The number of aliphatic carboxylic acids is 1. The Morgan fingerprint density at radius 1 is 1.04 bits per heavy atom. The van der Waals surface area contributed by atoms with Crippen molar-refractivity contribution in [2.45, 2.75) is 50.7 Å². The second kappa shape index (κ2) is 9.49. The van der Waals surface area contributed by atoms with Crippen LogP contribution in [0.15, 0.2) is 0 Å². The lowest BCUT2D eigenvalue weighted by molar-refractivity contribution is -0.148. The molecule has 0 saturated carbocycles. The van der Waals surface area contributed by atoms with Crippen LogP contribution in [0.25, 0.3) is 0 Å². The van der Waals surface area contributed by atoms with Crippen molar-refractivity contribution in [1.82, 2.24) is 20.4 Å². The van der Waals surface area contributed by atoms with Gasteiger partial charge < -0.3 is 31.3 Å². The predicted molar refractivity (Wildman–Crippen MR) is 96.8 cm³/mol. The highest BCUT2D eigenvalue weighted by molar-refractivity contribution is 5.94. The molecular weight excluding hydrogens is 370 g/mol. The third kappa shape index (κ3) is 4.97. The minimum atomic E-state index is -1.06. The highest BCUT2D eigenvalue weighted by Gasteiger charge is 2.35. The van der Waals surface area contributed by atoms with Gasteiger partial charge in [-0.15, -0.1) is 0 Å². The fraction of sp³-hybridized carbons (Fsp3) is 0.706. The largest absolute Gasteiger partial charge is 0.480 e. The SMILES string of the molecule is C[C@H](NC(=O)[C@@H]1CCCN1C(=O)CN)C(=O)NCC(=O)N1CCC[C@H]1C(=O)O. The van der Waals surface area contributed by atoms with Gasteiger partial charge in [-0.1, -0.05) is 0 Å². The Morgan fingerprint density at radius 3 is 2.18 bits per heavy atom.